The molecule has 1 aromatic carbocycles. The molecule has 0 aliphatic heterocycles. The monoisotopic (exact) mass is 330 g/mol. The Balaban J connectivity index is 1.83. The summed E-state index contributed by atoms with van der Waals surface area (Å²) >= 11 is 1.57. The topological polar surface area (TPSA) is 63.1 Å². The average molecular weight is 330 g/mol. The number of rotatable bonds is 4. The predicted molar refractivity (Wildman–Crippen MR) is 87.2 cm³/mol. The van der Waals surface area contributed by atoms with Gasteiger partial charge in [-0.25, -0.2) is 14.2 Å². The molecule has 3 aromatic rings. The summed E-state index contributed by atoms with van der Waals surface area (Å²) in [4.78, 5) is 19.6. The Morgan fingerprint density at radius 1 is 1.35 bits per heavy atom. The van der Waals surface area contributed by atoms with Crippen LogP contribution in [0.1, 0.15) is 18.5 Å². The smallest absolute Gasteiger partial charge is 0.285 e. The predicted octanol–water partition coefficient (Wildman–Crippen LogP) is 3.03. The van der Waals surface area contributed by atoms with Crippen molar-refractivity contribution in [3.63, 3.8) is 0 Å². The van der Waals surface area contributed by atoms with Gasteiger partial charge in [-0.1, -0.05) is 23.9 Å². The first-order chi connectivity index (χ1) is 11.1. The summed E-state index contributed by atoms with van der Waals surface area (Å²) in [7, 11) is 0. The van der Waals surface area contributed by atoms with Crippen LogP contribution in [0.3, 0.4) is 0 Å². The van der Waals surface area contributed by atoms with Gasteiger partial charge < -0.3 is 0 Å². The first kappa shape index (κ1) is 14.4. The lowest BCUT2D eigenvalue weighted by atomic mass is 10.1. The Kier molecular flexibility index (Phi) is 3.45. The van der Waals surface area contributed by atoms with Gasteiger partial charge in [-0.2, -0.15) is 9.61 Å². The van der Waals surface area contributed by atoms with Crippen molar-refractivity contribution in [2.24, 2.45) is 5.92 Å². The van der Waals surface area contributed by atoms with Crippen LogP contribution in [0.2, 0.25) is 0 Å². The highest BCUT2D eigenvalue weighted by atomic mass is 32.2. The fraction of sp³-hybridized carbons (Fsp3) is 0.312. The summed E-state index contributed by atoms with van der Waals surface area (Å²) in [6.07, 6.45) is 2.51. The highest BCUT2D eigenvalue weighted by molar-refractivity contribution is 7.99. The Bertz CT molecular complexity index is 928. The van der Waals surface area contributed by atoms with E-state index in [1.165, 1.54) is 29.5 Å². The molecule has 1 aliphatic carbocycles. The van der Waals surface area contributed by atoms with Gasteiger partial charge in [0.2, 0.25) is 0 Å². The molecule has 23 heavy (non-hydrogen) atoms. The second-order valence-electron chi connectivity index (χ2n) is 5.80. The van der Waals surface area contributed by atoms with Gasteiger partial charge in [-0.15, -0.1) is 0 Å². The molecule has 0 amide bonds. The van der Waals surface area contributed by atoms with Crippen molar-refractivity contribution in [2.45, 2.75) is 24.9 Å². The Morgan fingerprint density at radius 2 is 2.09 bits per heavy atom. The first-order valence-corrected chi connectivity index (χ1v) is 8.49. The molecule has 0 atom stereocenters. The Labute approximate surface area is 136 Å². The van der Waals surface area contributed by atoms with E-state index in [-0.39, 0.29) is 11.5 Å². The molecule has 7 heteroatoms. The third-order valence-electron chi connectivity index (χ3n) is 3.94. The van der Waals surface area contributed by atoms with E-state index >= 15 is 0 Å². The number of nitrogens with one attached hydrogen (secondary N) is 1. The van der Waals surface area contributed by atoms with Crippen molar-refractivity contribution in [3.8, 4) is 11.1 Å². The SMILES string of the molecule is Cc1nn2c(=O)[nH]c(SCC3CC3)nc2c1-c1ccc(F)cc1. The van der Waals surface area contributed by atoms with Crippen molar-refractivity contribution in [1.29, 1.82) is 0 Å². The van der Waals surface area contributed by atoms with E-state index in [1.807, 2.05) is 6.92 Å². The molecule has 0 spiro atoms. The van der Waals surface area contributed by atoms with Gasteiger partial charge >= 0.3 is 5.69 Å². The van der Waals surface area contributed by atoms with E-state index in [4.69, 9.17) is 0 Å². The fourth-order valence-corrected chi connectivity index (χ4v) is 3.57. The van der Waals surface area contributed by atoms with Crippen molar-refractivity contribution < 1.29 is 4.39 Å². The molecule has 2 heterocycles. The van der Waals surface area contributed by atoms with Gasteiger partial charge in [0, 0.05) is 11.3 Å². The van der Waals surface area contributed by atoms with Crippen LogP contribution in [-0.2, 0) is 0 Å². The standard InChI is InChI=1S/C16H15FN4OS/c1-9-13(11-4-6-12(17)7-5-11)14-18-15(23-8-10-2-3-10)19-16(22)21(14)20-9/h4-7,10H,2-3,8H2,1H3,(H,18,19,22). The molecule has 1 fully saturated rings. The van der Waals surface area contributed by atoms with E-state index in [2.05, 4.69) is 15.1 Å². The molecule has 4 rings (SSSR count). The molecule has 0 bridgehead atoms. The Morgan fingerprint density at radius 3 is 2.78 bits per heavy atom. The molecule has 0 radical (unpaired) electrons. The summed E-state index contributed by atoms with van der Waals surface area (Å²) in [6.45, 7) is 1.82. The number of aromatic amines is 1. The van der Waals surface area contributed by atoms with Gasteiger partial charge in [0.1, 0.15) is 5.82 Å². The van der Waals surface area contributed by atoms with Crippen LogP contribution < -0.4 is 5.69 Å². The second kappa shape index (κ2) is 5.49. The normalized spacial score (nSPS) is 14.5. The molecule has 2 aromatic heterocycles. The molecular formula is C16H15FN4OS. The van der Waals surface area contributed by atoms with Crippen LogP contribution in [0.4, 0.5) is 4.39 Å². The number of halogens is 1. The van der Waals surface area contributed by atoms with Crippen LogP contribution in [0.5, 0.6) is 0 Å². The summed E-state index contributed by atoms with van der Waals surface area (Å²) in [5, 5.41) is 4.88. The lowest BCUT2D eigenvalue weighted by Gasteiger charge is -2.03. The quantitative estimate of drug-likeness (QED) is 0.747. The van der Waals surface area contributed by atoms with Crippen LogP contribution in [0.15, 0.2) is 34.2 Å². The van der Waals surface area contributed by atoms with Crippen molar-refractivity contribution in [2.75, 3.05) is 5.75 Å². The zero-order chi connectivity index (χ0) is 16.0. The number of hydrogen-bond acceptors (Lipinski definition) is 4. The van der Waals surface area contributed by atoms with Crippen LogP contribution in [-0.4, -0.2) is 25.3 Å². The average Bonchev–Trinajstić information content (AvgIpc) is 3.29. The maximum Gasteiger partial charge on any atom is 0.350 e. The molecule has 5 nitrogen and oxygen atoms in total. The van der Waals surface area contributed by atoms with E-state index in [1.54, 1.807) is 23.9 Å². The summed E-state index contributed by atoms with van der Waals surface area (Å²) in [6, 6.07) is 6.15. The van der Waals surface area contributed by atoms with E-state index in [0.717, 1.165) is 22.8 Å². The zero-order valence-corrected chi connectivity index (χ0v) is 13.4. The third kappa shape index (κ3) is 2.76. The number of H-pyrrole nitrogens is 1. The number of aromatic nitrogens is 4. The summed E-state index contributed by atoms with van der Waals surface area (Å²) < 4.78 is 14.4. The van der Waals surface area contributed by atoms with Gasteiger partial charge in [-0.05, 0) is 43.4 Å². The maximum absolute atomic E-state index is 13.2. The molecule has 0 saturated heterocycles. The minimum atomic E-state index is -0.301. The van der Waals surface area contributed by atoms with Crippen molar-refractivity contribution >= 4 is 17.4 Å². The minimum Gasteiger partial charge on any atom is -0.285 e. The fourth-order valence-electron chi connectivity index (χ4n) is 2.53. The highest BCUT2D eigenvalue weighted by Gasteiger charge is 2.22. The number of hydrogen-bond donors (Lipinski definition) is 1. The highest BCUT2D eigenvalue weighted by Crippen LogP contribution is 2.34. The lowest BCUT2D eigenvalue weighted by Crippen LogP contribution is -2.19. The number of nitrogens with zero attached hydrogens (tertiary/aromatic N) is 3. The Hall–Kier alpha value is -2.15. The van der Waals surface area contributed by atoms with Gasteiger partial charge in [-0.3, -0.25) is 4.98 Å². The summed E-state index contributed by atoms with van der Waals surface area (Å²) in [5.74, 6) is 1.41. The van der Waals surface area contributed by atoms with Gasteiger partial charge in [0.05, 0.1) is 5.69 Å². The molecular weight excluding hydrogens is 315 g/mol. The largest absolute Gasteiger partial charge is 0.350 e. The zero-order valence-electron chi connectivity index (χ0n) is 12.5. The van der Waals surface area contributed by atoms with E-state index in [9.17, 15) is 9.18 Å². The van der Waals surface area contributed by atoms with Crippen molar-refractivity contribution in [1.82, 2.24) is 19.6 Å². The van der Waals surface area contributed by atoms with E-state index in [0.29, 0.717) is 16.5 Å². The number of benzene rings is 1. The summed E-state index contributed by atoms with van der Waals surface area (Å²) in [5.41, 5.74) is 2.47. The maximum atomic E-state index is 13.2. The van der Waals surface area contributed by atoms with E-state index < -0.39 is 0 Å². The minimum absolute atomic E-state index is 0.297. The van der Waals surface area contributed by atoms with Gasteiger partial charge in [0.25, 0.3) is 0 Å². The van der Waals surface area contributed by atoms with Crippen LogP contribution >= 0.6 is 11.8 Å². The molecule has 1 N–H and O–H groups in total. The number of thioether (sulfide) groups is 1. The number of aryl methyl sites for hydroxylation is 1. The van der Waals surface area contributed by atoms with Crippen molar-refractivity contribution in [3.05, 3.63) is 46.3 Å². The lowest BCUT2D eigenvalue weighted by molar-refractivity contribution is 0.628. The second-order valence-corrected chi connectivity index (χ2v) is 6.81. The van der Waals surface area contributed by atoms with Gasteiger partial charge in [0.15, 0.2) is 10.8 Å². The van der Waals surface area contributed by atoms with Crippen LogP contribution in [0, 0.1) is 18.7 Å². The number of fused-ring (bicyclic) bond motifs is 1. The molecule has 118 valence electrons. The molecule has 1 saturated carbocycles. The first-order valence-electron chi connectivity index (χ1n) is 7.50. The third-order valence-corrected chi connectivity index (χ3v) is 5.04. The molecule has 1 aliphatic rings. The van der Waals surface area contributed by atoms with Crippen LogP contribution in [0.25, 0.3) is 16.8 Å². The molecule has 0 unspecified atom stereocenters.